The average molecular weight is 352 g/mol. The third-order valence-corrected chi connectivity index (χ3v) is 5.57. The fourth-order valence-corrected chi connectivity index (χ4v) is 4.13. The number of anilines is 1. The van der Waals surface area contributed by atoms with Gasteiger partial charge in [-0.2, -0.15) is 0 Å². The summed E-state index contributed by atoms with van der Waals surface area (Å²) in [5.74, 6) is 0.144. The number of aromatic nitrogens is 2. The molecule has 3 heterocycles. The Morgan fingerprint density at radius 2 is 2.12 bits per heavy atom. The summed E-state index contributed by atoms with van der Waals surface area (Å²) in [5.41, 5.74) is 2.05. The summed E-state index contributed by atoms with van der Waals surface area (Å²) in [6, 6.07) is 13.9. The van der Waals surface area contributed by atoms with Gasteiger partial charge in [-0.3, -0.25) is 4.79 Å². The van der Waals surface area contributed by atoms with Gasteiger partial charge in [0, 0.05) is 25.8 Å². The molecule has 2 aromatic heterocycles. The van der Waals surface area contributed by atoms with Gasteiger partial charge < -0.3 is 10.2 Å². The van der Waals surface area contributed by atoms with E-state index in [-0.39, 0.29) is 11.8 Å². The molecule has 1 aliphatic heterocycles. The van der Waals surface area contributed by atoms with E-state index in [1.807, 2.05) is 42.5 Å². The second kappa shape index (κ2) is 7.19. The summed E-state index contributed by atoms with van der Waals surface area (Å²) in [6.07, 6.45) is 3.73. The monoisotopic (exact) mass is 352 g/mol. The second-order valence-electron chi connectivity index (χ2n) is 6.31. The molecule has 1 saturated heterocycles. The van der Waals surface area contributed by atoms with E-state index in [1.54, 1.807) is 17.5 Å². The normalized spacial score (nSPS) is 17.6. The number of fused-ring (bicyclic) bond motifs is 1. The van der Waals surface area contributed by atoms with E-state index in [0.717, 1.165) is 47.0 Å². The third kappa shape index (κ3) is 3.64. The van der Waals surface area contributed by atoms with Gasteiger partial charge in [-0.15, -0.1) is 0 Å². The Labute approximate surface area is 150 Å². The summed E-state index contributed by atoms with van der Waals surface area (Å²) >= 11 is 1.60. The van der Waals surface area contributed by atoms with Crippen molar-refractivity contribution in [1.29, 1.82) is 0 Å². The van der Waals surface area contributed by atoms with Crippen molar-refractivity contribution < 1.29 is 4.79 Å². The minimum absolute atomic E-state index is 0.0115. The smallest absolute Gasteiger partial charge is 0.225 e. The van der Waals surface area contributed by atoms with Crippen LogP contribution in [0.15, 0.2) is 48.7 Å². The van der Waals surface area contributed by atoms with E-state index in [9.17, 15) is 4.79 Å². The number of carbonyl (C=O) groups excluding carboxylic acids is 1. The molecule has 3 aromatic rings. The van der Waals surface area contributed by atoms with E-state index in [0.29, 0.717) is 6.54 Å². The molecule has 1 aliphatic rings. The number of nitrogens with zero attached hydrogens (tertiary/aromatic N) is 3. The largest absolute Gasteiger partial charge is 0.352 e. The van der Waals surface area contributed by atoms with Crippen LogP contribution in [0.3, 0.4) is 0 Å². The van der Waals surface area contributed by atoms with Gasteiger partial charge in [-0.25, -0.2) is 9.97 Å². The number of hydrogen-bond donors (Lipinski definition) is 1. The molecule has 4 rings (SSSR count). The molecule has 0 aliphatic carbocycles. The van der Waals surface area contributed by atoms with Crippen LogP contribution in [0, 0.1) is 5.92 Å². The minimum Gasteiger partial charge on any atom is -0.352 e. The van der Waals surface area contributed by atoms with Gasteiger partial charge in [0.25, 0.3) is 0 Å². The van der Waals surface area contributed by atoms with Crippen LogP contribution in [0.2, 0.25) is 0 Å². The summed E-state index contributed by atoms with van der Waals surface area (Å²) in [6.45, 7) is 2.25. The zero-order valence-electron chi connectivity index (χ0n) is 13.9. The van der Waals surface area contributed by atoms with Crippen molar-refractivity contribution in [1.82, 2.24) is 15.3 Å². The number of hydrogen-bond acceptors (Lipinski definition) is 5. The van der Waals surface area contributed by atoms with Crippen molar-refractivity contribution in [3.05, 3.63) is 54.2 Å². The Bertz CT molecular complexity index is 831. The number of pyridine rings is 1. The van der Waals surface area contributed by atoms with Crippen molar-refractivity contribution in [3.63, 3.8) is 0 Å². The van der Waals surface area contributed by atoms with E-state index >= 15 is 0 Å². The van der Waals surface area contributed by atoms with Crippen molar-refractivity contribution in [2.24, 2.45) is 5.92 Å². The summed E-state index contributed by atoms with van der Waals surface area (Å²) < 4.78 is 0. The maximum atomic E-state index is 12.6. The molecule has 0 bridgehead atoms. The Morgan fingerprint density at radius 1 is 1.24 bits per heavy atom. The van der Waals surface area contributed by atoms with Crippen LogP contribution in [0.5, 0.6) is 0 Å². The lowest BCUT2D eigenvalue weighted by atomic mass is 9.97. The quantitative estimate of drug-likeness (QED) is 0.783. The predicted octanol–water partition coefficient (Wildman–Crippen LogP) is 3.22. The molecule has 25 heavy (non-hydrogen) atoms. The first-order valence-electron chi connectivity index (χ1n) is 8.58. The van der Waals surface area contributed by atoms with Gasteiger partial charge in [-0.05, 0) is 30.5 Å². The molecule has 1 N–H and O–H groups in total. The maximum Gasteiger partial charge on any atom is 0.225 e. The van der Waals surface area contributed by atoms with Crippen LogP contribution in [0.1, 0.15) is 18.4 Å². The van der Waals surface area contributed by atoms with Gasteiger partial charge in [0.1, 0.15) is 10.3 Å². The lowest BCUT2D eigenvalue weighted by Crippen LogP contribution is -2.42. The highest BCUT2D eigenvalue weighted by Crippen LogP contribution is 2.30. The van der Waals surface area contributed by atoms with E-state index in [4.69, 9.17) is 0 Å². The fraction of sp³-hybridized carbons (Fsp3) is 0.316. The minimum atomic E-state index is 0.0115. The molecular weight excluding hydrogens is 332 g/mol. The molecule has 0 spiro atoms. The molecule has 0 radical (unpaired) electrons. The van der Waals surface area contributed by atoms with Crippen molar-refractivity contribution >= 4 is 32.7 Å². The number of rotatable bonds is 4. The Kier molecular flexibility index (Phi) is 4.61. The summed E-state index contributed by atoms with van der Waals surface area (Å²) in [4.78, 5) is 24.8. The van der Waals surface area contributed by atoms with Crippen molar-refractivity contribution in [2.45, 2.75) is 19.4 Å². The molecule has 1 amide bonds. The molecule has 0 unspecified atom stereocenters. The Morgan fingerprint density at radius 3 is 2.96 bits per heavy atom. The van der Waals surface area contributed by atoms with Crippen LogP contribution < -0.4 is 10.2 Å². The number of carbonyl (C=O) groups is 1. The molecule has 1 aromatic carbocycles. The first kappa shape index (κ1) is 16.0. The Balaban J connectivity index is 1.41. The van der Waals surface area contributed by atoms with Gasteiger partial charge in [0.05, 0.1) is 5.92 Å². The van der Waals surface area contributed by atoms with E-state index in [2.05, 4.69) is 20.2 Å². The number of thiazole rings is 1. The maximum absolute atomic E-state index is 12.6. The van der Waals surface area contributed by atoms with Crippen LogP contribution in [0.25, 0.3) is 10.3 Å². The van der Waals surface area contributed by atoms with Gasteiger partial charge in [-0.1, -0.05) is 41.7 Å². The number of piperidine rings is 1. The molecule has 0 saturated carbocycles. The molecular formula is C19H20N4OS. The highest BCUT2D eigenvalue weighted by Gasteiger charge is 2.27. The SMILES string of the molecule is O=C(NCc1ccccc1)[C@@H]1CCCN(c2nc3cccnc3s2)C1. The molecule has 6 heteroatoms. The first-order chi connectivity index (χ1) is 12.3. The number of benzene rings is 1. The zero-order chi connectivity index (χ0) is 17.1. The molecule has 1 fully saturated rings. The van der Waals surface area contributed by atoms with Gasteiger partial charge >= 0.3 is 0 Å². The van der Waals surface area contributed by atoms with Crippen LogP contribution in [0.4, 0.5) is 5.13 Å². The van der Waals surface area contributed by atoms with E-state index in [1.165, 1.54) is 0 Å². The standard InChI is InChI=1S/C19H20N4OS/c24-17(21-12-14-6-2-1-3-7-14)15-8-5-11-23(13-15)19-22-16-9-4-10-20-18(16)25-19/h1-4,6-7,9-10,15H,5,8,11-13H2,(H,21,24)/t15-/m1/s1. The lowest BCUT2D eigenvalue weighted by molar-refractivity contribution is -0.125. The van der Waals surface area contributed by atoms with Crippen LogP contribution >= 0.6 is 11.3 Å². The zero-order valence-corrected chi connectivity index (χ0v) is 14.7. The highest BCUT2D eigenvalue weighted by molar-refractivity contribution is 7.21. The highest BCUT2D eigenvalue weighted by atomic mass is 32.1. The van der Waals surface area contributed by atoms with Crippen molar-refractivity contribution in [2.75, 3.05) is 18.0 Å². The fourth-order valence-electron chi connectivity index (χ4n) is 3.19. The third-order valence-electron chi connectivity index (χ3n) is 4.53. The van der Waals surface area contributed by atoms with E-state index < -0.39 is 0 Å². The number of nitrogens with one attached hydrogen (secondary N) is 1. The van der Waals surface area contributed by atoms with Gasteiger partial charge in [0.15, 0.2) is 5.13 Å². The average Bonchev–Trinajstić information content (AvgIpc) is 3.11. The van der Waals surface area contributed by atoms with Crippen molar-refractivity contribution in [3.8, 4) is 0 Å². The number of amides is 1. The second-order valence-corrected chi connectivity index (χ2v) is 7.27. The van der Waals surface area contributed by atoms with Crippen LogP contribution in [-0.2, 0) is 11.3 Å². The Hall–Kier alpha value is -2.47. The topological polar surface area (TPSA) is 58.1 Å². The van der Waals surface area contributed by atoms with Crippen LogP contribution in [-0.4, -0.2) is 29.0 Å². The van der Waals surface area contributed by atoms with Gasteiger partial charge in [0.2, 0.25) is 5.91 Å². The first-order valence-corrected chi connectivity index (χ1v) is 9.39. The lowest BCUT2D eigenvalue weighted by Gasteiger charge is -2.31. The predicted molar refractivity (Wildman–Crippen MR) is 101 cm³/mol. The molecule has 1 atom stereocenters. The summed E-state index contributed by atoms with van der Waals surface area (Å²) in [5, 5.41) is 4.04. The summed E-state index contributed by atoms with van der Waals surface area (Å²) in [7, 11) is 0. The molecule has 5 nitrogen and oxygen atoms in total. The molecule has 128 valence electrons.